The minimum absolute atomic E-state index is 0.627. The van der Waals surface area contributed by atoms with E-state index < -0.39 is 0 Å². The molecule has 2 aromatic carbocycles. The zero-order valence-corrected chi connectivity index (χ0v) is 13.4. The van der Waals surface area contributed by atoms with Gasteiger partial charge in [-0.25, -0.2) is 0 Å². The molecular weight excluding hydrogens is 268 g/mol. The Labute approximate surface area is 134 Å². The largest absolute Gasteiger partial charge is 0.312 e. The molecule has 1 heterocycles. The molecule has 3 rings (SSSR count). The quantitative estimate of drug-likeness (QED) is 0.877. The number of likely N-dealkylation sites (tertiary alicyclic amines) is 1. The number of hydrogen-bond acceptors (Lipinski definition) is 2. The first kappa shape index (κ1) is 15.3. The molecule has 22 heavy (non-hydrogen) atoms. The highest BCUT2D eigenvalue weighted by atomic mass is 15.2. The third-order valence-electron chi connectivity index (χ3n) is 4.62. The third kappa shape index (κ3) is 4.19. The van der Waals surface area contributed by atoms with E-state index in [1.165, 1.54) is 17.5 Å². The molecule has 0 radical (unpaired) electrons. The van der Waals surface area contributed by atoms with Crippen LogP contribution in [0.5, 0.6) is 0 Å². The van der Waals surface area contributed by atoms with Gasteiger partial charge in [-0.15, -0.1) is 0 Å². The van der Waals surface area contributed by atoms with Gasteiger partial charge in [0.1, 0.15) is 0 Å². The van der Waals surface area contributed by atoms with Gasteiger partial charge in [-0.3, -0.25) is 4.90 Å². The average molecular weight is 294 g/mol. The highest BCUT2D eigenvalue weighted by Crippen LogP contribution is 2.20. The van der Waals surface area contributed by atoms with E-state index in [9.17, 15) is 0 Å². The van der Waals surface area contributed by atoms with Gasteiger partial charge in [-0.05, 0) is 37.4 Å². The van der Waals surface area contributed by atoms with Crippen molar-refractivity contribution in [1.82, 2.24) is 10.2 Å². The van der Waals surface area contributed by atoms with Crippen LogP contribution in [0.25, 0.3) is 0 Å². The molecule has 1 aliphatic rings. The summed E-state index contributed by atoms with van der Waals surface area (Å²) < 4.78 is 0. The number of nitrogens with zero attached hydrogens (tertiary/aromatic N) is 1. The van der Waals surface area contributed by atoms with Gasteiger partial charge in [0.15, 0.2) is 0 Å². The lowest BCUT2D eigenvalue weighted by molar-refractivity contribution is 0.257. The number of nitrogens with one attached hydrogen (secondary N) is 1. The summed E-state index contributed by atoms with van der Waals surface area (Å²) in [5, 5.41) is 3.73. The Morgan fingerprint density at radius 2 is 1.59 bits per heavy atom. The van der Waals surface area contributed by atoms with E-state index >= 15 is 0 Å². The molecular formula is C20H26N2. The smallest absolute Gasteiger partial charge is 0.0237 e. The summed E-state index contributed by atoms with van der Waals surface area (Å²) in [5.41, 5.74) is 2.83. The summed E-state index contributed by atoms with van der Waals surface area (Å²) in [6, 6.07) is 22.8. The summed E-state index contributed by atoms with van der Waals surface area (Å²) in [5.74, 6) is 0. The van der Waals surface area contributed by atoms with Gasteiger partial charge in [0.05, 0.1) is 0 Å². The first-order valence-electron chi connectivity index (χ1n) is 8.36. The highest BCUT2D eigenvalue weighted by Gasteiger charge is 2.28. The first-order valence-corrected chi connectivity index (χ1v) is 8.36. The van der Waals surface area contributed by atoms with Crippen molar-refractivity contribution in [2.75, 3.05) is 13.1 Å². The summed E-state index contributed by atoms with van der Waals surface area (Å²) in [6.07, 6.45) is 2.37. The molecule has 0 bridgehead atoms. The molecule has 1 saturated heterocycles. The molecule has 0 saturated carbocycles. The molecule has 2 nitrogen and oxygen atoms in total. The maximum absolute atomic E-state index is 3.73. The molecule has 116 valence electrons. The molecule has 1 fully saturated rings. The Morgan fingerprint density at radius 3 is 2.27 bits per heavy atom. The van der Waals surface area contributed by atoms with Crippen molar-refractivity contribution in [3.05, 3.63) is 71.8 Å². The van der Waals surface area contributed by atoms with Crippen molar-refractivity contribution >= 4 is 0 Å². The number of benzene rings is 2. The van der Waals surface area contributed by atoms with E-state index in [-0.39, 0.29) is 0 Å². The van der Waals surface area contributed by atoms with Gasteiger partial charge in [0.25, 0.3) is 0 Å². The molecule has 0 unspecified atom stereocenters. The first-order chi connectivity index (χ1) is 10.8. The van der Waals surface area contributed by atoms with Crippen LogP contribution in [-0.2, 0) is 13.0 Å². The topological polar surface area (TPSA) is 15.3 Å². The summed E-state index contributed by atoms with van der Waals surface area (Å²) >= 11 is 0. The molecule has 2 heteroatoms. The molecule has 0 aliphatic carbocycles. The van der Waals surface area contributed by atoms with Gasteiger partial charge in [0.2, 0.25) is 0 Å². The monoisotopic (exact) mass is 294 g/mol. The zero-order chi connectivity index (χ0) is 15.2. The van der Waals surface area contributed by atoms with Gasteiger partial charge < -0.3 is 5.32 Å². The SMILES string of the molecule is C[C@@H]1C[C@H](NCCc2ccccc2)CN1Cc1ccccc1. The second-order valence-electron chi connectivity index (χ2n) is 6.39. The lowest BCUT2D eigenvalue weighted by Crippen LogP contribution is -2.34. The Morgan fingerprint density at radius 1 is 0.955 bits per heavy atom. The van der Waals surface area contributed by atoms with Gasteiger partial charge in [0, 0.05) is 25.2 Å². The van der Waals surface area contributed by atoms with Crippen molar-refractivity contribution < 1.29 is 0 Å². The van der Waals surface area contributed by atoms with E-state index in [2.05, 4.69) is 77.8 Å². The van der Waals surface area contributed by atoms with E-state index in [1.807, 2.05) is 0 Å². The fourth-order valence-corrected chi connectivity index (χ4v) is 3.35. The van der Waals surface area contributed by atoms with Crippen molar-refractivity contribution in [2.45, 2.75) is 38.4 Å². The van der Waals surface area contributed by atoms with Crippen molar-refractivity contribution in [3.8, 4) is 0 Å². The van der Waals surface area contributed by atoms with Crippen LogP contribution in [0, 0.1) is 0 Å². The maximum Gasteiger partial charge on any atom is 0.0237 e. The van der Waals surface area contributed by atoms with Crippen LogP contribution >= 0.6 is 0 Å². The minimum Gasteiger partial charge on any atom is -0.312 e. The molecule has 2 aromatic rings. The molecule has 2 atom stereocenters. The van der Waals surface area contributed by atoms with Crippen molar-refractivity contribution in [2.24, 2.45) is 0 Å². The fraction of sp³-hybridized carbons (Fsp3) is 0.400. The number of hydrogen-bond donors (Lipinski definition) is 1. The van der Waals surface area contributed by atoms with Crippen LogP contribution in [-0.4, -0.2) is 30.1 Å². The predicted molar refractivity (Wildman–Crippen MR) is 92.9 cm³/mol. The average Bonchev–Trinajstić information content (AvgIpc) is 2.89. The van der Waals surface area contributed by atoms with Crippen LogP contribution in [0.4, 0.5) is 0 Å². The van der Waals surface area contributed by atoms with Crippen LogP contribution in [0.3, 0.4) is 0 Å². The third-order valence-corrected chi connectivity index (χ3v) is 4.62. The Bertz CT molecular complexity index is 552. The normalized spacial score (nSPS) is 22.0. The zero-order valence-electron chi connectivity index (χ0n) is 13.4. The number of rotatable bonds is 6. The molecule has 0 aromatic heterocycles. The molecule has 0 spiro atoms. The summed E-state index contributed by atoms with van der Waals surface area (Å²) in [7, 11) is 0. The Balaban J connectivity index is 1.44. The standard InChI is InChI=1S/C20H26N2/c1-17-14-20(21-13-12-18-8-4-2-5-9-18)16-22(17)15-19-10-6-3-7-11-19/h2-11,17,20-21H,12-16H2,1H3/t17-,20+/m1/s1. The van der Waals surface area contributed by atoms with Crippen LogP contribution in [0.15, 0.2) is 60.7 Å². The molecule has 1 aliphatic heterocycles. The van der Waals surface area contributed by atoms with Crippen LogP contribution < -0.4 is 5.32 Å². The second-order valence-corrected chi connectivity index (χ2v) is 6.39. The fourth-order valence-electron chi connectivity index (χ4n) is 3.35. The van der Waals surface area contributed by atoms with Gasteiger partial charge in [-0.1, -0.05) is 60.7 Å². The van der Waals surface area contributed by atoms with E-state index in [4.69, 9.17) is 0 Å². The van der Waals surface area contributed by atoms with Gasteiger partial charge >= 0.3 is 0 Å². The Kier molecular flexibility index (Phi) is 5.25. The van der Waals surface area contributed by atoms with Crippen LogP contribution in [0.2, 0.25) is 0 Å². The lowest BCUT2D eigenvalue weighted by atomic mass is 10.1. The van der Waals surface area contributed by atoms with E-state index in [0.29, 0.717) is 12.1 Å². The maximum atomic E-state index is 3.73. The summed E-state index contributed by atoms with van der Waals surface area (Å²) in [6.45, 7) is 5.64. The Hall–Kier alpha value is -1.64. The lowest BCUT2D eigenvalue weighted by Gasteiger charge is -2.21. The minimum atomic E-state index is 0.627. The van der Waals surface area contributed by atoms with E-state index in [0.717, 1.165) is 26.1 Å². The molecule has 1 N–H and O–H groups in total. The molecule has 0 amide bonds. The van der Waals surface area contributed by atoms with Crippen LogP contribution in [0.1, 0.15) is 24.5 Å². The highest BCUT2D eigenvalue weighted by molar-refractivity contribution is 5.16. The predicted octanol–water partition coefficient (Wildman–Crippen LogP) is 3.48. The van der Waals surface area contributed by atoms with Crippen molar-refractivity contribution in [1.29, 1.82) is 0 Å². The van der Waals surface area contributed by atoms with Crippen molar-refractivity contribution in [3.63, 3.8) is 0 Å². The summed E-state index contributed by atoms with van der Waals surface area (Å²) in [4.78, 5) is 2.59. The second kappa shape index (κ2) is 7.57. The van der Waals surface area contributed by atoms with Gasteiger partial charge in [-0.2, -0.15) is 0 Å². The van der Waals surface area contributed by atoms with E-state index in [1.54, 1.807) is 0 Å².